The van der Waals surface area contributed by atoms with Crippen LogP contribution >= 0.6 is 0 Å². The average molecular weight is 574 g/mol. The van der Waals surface area contributed by atoms with Crippen molar-refractivity contribution >= 4 is 23.8 Å². The van der Waals surface area contributed by atoms with Gasteiger partial charge in [0.2, 0.25) is 11.8 Å². The molecule has 0 saturated heterocycles. The standard InChI is InChI=1S/C26H41N3O4.C2HF3O2/c1-16(2)20(15-18(5)25(32)33)29(9)24(31)21(17(3)4)28-23(30)22(27-8)26(6,7)19-13-11-10-12-14-19;3-2(4,5)1(6)7/h10-17,20-22,27H,1-9H3,(H,28,30)(H,32,33);(H,6,7)/b18-15+;/t20-,21+,22-;/m1./s1. The molecule has 0 aliphatic rings. The first-order chi connectivity index (χ1) is 18.2. The lowest BCUT2D eigenvalue weighted by Gasteiger charge is -2.37. The summed E-state index contributed by atoms with van der Waals surface area (Å²) in [6.45, 7) is 13.1. The van der Waals surface area contributed by atoms with Crippen molar-refractivity contribution in [3.05, 3.63) is 47.5 Å². The molecule has 0 spiro atoms. The van der Waals surface area contributed by atoms with Gasteiger partial charge in [0.15, 0.2) is 0 Å². The highest BCUT2D eigenvalue weighted by molar-refractivity contribution is 5.91. The van der Waals surface area contributed by atoms with E-state index in [0.717, 1.165) is 5.56 Å². The molecule has 0 fully saturated rings. The number of halogens is 3. The summed E-state index contributed by atoms with van der Waals surface area (Å²) in [5, 5.41) is 22.5. The highest BCUT2D eigenvalue weighted by atomic mass is 19.4. The van der Waals surface area contributed by atoms with Gasteiger partial charge in [0, 0.05) is 18.0 Å². The van der Waals surface area contributed by atoms with Crippen molar-refractivity contribution in [1.82, 2.24) is 15.5 Å². The molecule has 0 aliphatic heterocycles. The smallest absolute Gasteiger partial charge is 0.478 e. The molecule has 0 saturated carbocycles. The van der Waals surface area contributed by atoms with Crippen molar-refractivity contribution in [2.45, 2.75) is 78.2 Å². The molecule has 2 amide bonds. The second-order valence-corrected chi connectivity index (χ2v) is 10.7. The Hall–Kier alpha value is -3.41. The minimum atomic E-state index is -5.08. The number of nitrogens with zero attached hydrogens (tertiary/aromatic N) is 1. The average Bonchev–Trinajstić information content (AvgIpc) is 2.84. The van der Waals surface area contributed by atoms with Gasteiger partial charge in [-0.15, -0.1) is 0 Å². The topological polar surface area (TPSA) is 136 Å². The number of carboxylic acid groups (broad SMARTS) is 2. The van der Waals surface area contributed by atoms with Crippen LogP contribution in [-0.4, -0.2) is 77.3 Å². The van der Waals surface area contributed by atoms with Gasteiger partial charge in [-0.3, -0.25) is 9.59 Å². The Labute approximate surface area is 233 Å². The van der Waals surface area contributed by atoms with Gasteiger partial charge in [-0.25, -0.2) is 9.59 Å². The summed E-state index contributed by atoms with van der Waals surface area (Å²) in [5.74, 6) is -4.44. The number of carbonyl (C=O) groups is 4. The third kappa shape index (κ3) is 10.6. The maximum absolute atomic E-state index is 13.5. The van der Waals surface area contributed by atoms with E-state index in [2.05, 4.69) is 10.6 Å². The van der Waals surface area contributed by atoms with Crippen LogP contribution in [0.25, 0.3) is 0 Å². The molecule has 1 aromatic carbocycles. The second kappa shape index (κ2) is 15.4. The first kappa shape index (κ1) is 36.6. The lowest BCUT2D eigenvalue weighted by atomic mass is 9.77. The van der Waals surface area contributed by atoms with E-state index in [1.165, 1.54) is 6.92 Å². The molecular formula is C28H42F3N3O6. The summed E-state index contributed by atoms with van der Waals surface area (Å²) in [7, 11) is 3.39. The van der Waals surface area contributed by atoms with Gasteiger partial charge < -0.3 is 25.7 Å². The lowest BCUT2D eigenvalue weighted by molar-refractivity contribution is -0.192. The Balaban J connectivity index is 0.00000191. The molecule has 226 valence electrons. The predicted octanol–water partition coefficient (Wildman–Crippen LogP) is 3.84. The highest BCUT2D eigenvalue weighted by Gasteiger charge is 2.39. The van der Waals surface area contributed by atoms with Crippen LogP contribution in [0, 0.1) is 11.8 Å². The summed E-state index contributed by atoms with van der Waals surface area (Å²) in [4.78, 5) is 48.6. The van der Waals surface area contributed by atoms with Crippen LogP contribution in [-0.2, 0) is 24.6 Å². The molecule has 1 aromatic rings. The van der Waals surface area contributed by atoms with Gasteiger partial charge in [0.1, 0.15) is 6.04 Å². The van der Waals surface area contributed by atoms with Gasteiger partial charge >= 0.3 is 18.1 Å². The number of hydrogen-bond donors (Lipinski definition) is 4. The minimum absolute atomic E-state index is 0.00108. The number of amides is 2. The Morgan fingerprint density at radius 2 is 1.43 bits per heavy atom. The zero-order chi connectivity index (χ0) is 31.6. The summed E-state index contributed by atoms with van der Waals surface area (Å²) >= 11 is 0. The third-order valence-electron chi connectivity index (χ3n) is 6.50. The van der Waals surface area contributed by atoms with Crippen molar-refractivity contribution in [3.63, 3.8) is 0 Å². The number of aliphatic carboxylic acids is 2. The van der Waals surface area contributed by atoms with Gasteiger partial charge in [-0.2, -0.15) is 13.2 Å². The number of alkyl halides is 3. The molecule has 0 radical (unpaired) electrons. The van der Waals surface area contributed by atoms with Gasteiger partial charge in [0.25, 0.3) is 0 Å². The molecule has 0 aromatic heterocycles. The summed E-state index contributed by atoms with van der Waals surface area (Å²) in [6.07, 6.45) is -3.49. The molecule has 0 unspecified atom stereocenters. The van der Waals surface area contributed by atoms with E-state index < -0.39 is 41.7 Å². The van der Waals surface area contributed by atoms with Crippen molar-refractivity contribution in [1.29, 1.82) is 0 Å². The monoisotopic (exact) mass is 573 g/mol. The molecule has 0 bridgehead atoms. The molecule has 0 aliphatic carbocycles. The van der Waals surface area contributed by atoms with Crippen LogP contribution in [0.1, 0.15) is 54.0 Å². The normalized spacial score (nSPS) is 14.5. The summed E-state index contributed by atoms with van der Waals surface area (Å²) < 4.78 is 31.7. The number of carbonyl (C=O) groups excluding carboxylic acids is 2. The van der Waals surface area contributed by atoms with Crippen LogP contribution in [0.4, 0.5) is 13.2 Å². The Morgan fingerprint density at radius 3 is 1.77 bits per heavy atom. The molecule has 4 N–H and O–H groups in total. The molecule has 3 atom stereocenters. The van der Waals surface area contributed by atoms with Crippen LogP contribution in [0.2, 0.25) is 0 Å². The van der Waals surface area contributed by atoms with E-state index in [1.807, 2.05) is 71.9 Å². The van der Waals surface area contributed by atoms with E-state index in [-0.39, 0.29) is 29.2 Å². The molecule has 1 rings (SSSR count). The van der Waals surface area contributed by atoms with E-state index in [0.29, 0.717) is 0 Å². The van der Waals surface area contributed by atoms with E-state index in [1.54, 1.807) is 25.1 Å². The maximum atomic E-state index is 13.5. The van der Waals surface area contributed by atoms with Crippen molar-refractivity contribution in [2.24, 2.45) is 11.8 Å². The van der Waals surface area contributed by atoms with Crippen molar-refractivity contribution in [2.75, 3.05) is 14.1 Å². The number of rotatable bonds is 11. The second-order valence-electron chi connectivity index (χ2n) is 10.7. The lowest BCUT2D eigenvalue weighted by Crippen LogP contribution is -2.59. The van der Waals surface area contributed by atoms with E-state index in [9.17, 15) is 32.7 Å². The number of hydrogen-bond acceptors (Lipinski definition) is 5. The quantitative estimate of drug-likeness (QED) is 0.295. The van der Waals surface area contributed by atoms with Gasteiger partial charge in [-0.05, 0) is 31.4 Å². The number of benzene rings is 1. The SMILES string of the molecule is CN[C@H](C(=O)N[C@H](C(=O)N(C)[C@H](/C=C(\C)C(=O)O)C(C)C)C(C)C)C(C)(C)c1ccccc1.O=C(O)C(F)(F)F. The summed E-state index contributed by atoms with van der Waals surface area (Å²) in [6, 6.07) is 8.07. The Bertz CT molecular complexity index is 1040. The molecular weight excluding hydrogens is 531 g/mol. The molecule has 0 heterocycles. The zero-order valence-electron chi connectivity index (χ0n) is 24.5. The molecule has 12 heteroatoms. The fourth-order valence-electron chi connectivity index (χ4n) is 4.05. The first-order valence-corrected chi connectivity index (χ1v) is 12.7. The maximum Gasteiger partial charge on any atom is 0.490 e. The molecule has 40 heavy (non-hydrogen) atoms. The first-order valence-electron chi connectivity index (χ1n) is 12.7. The van der Waals surface area contributed by atoms with Crippen LogP contribution in [0.15, 0.2) is 42.0 Å². The van der Waals surface area contributed by atoms with Crippen molar-refractivity contribution in [3.8, 4) is 0 Å². The fraction of sp³-hybridized carbons (Fsp3) is 0.571. The molecule has 9 nitrogen and oxygen atoms in total. The minimum Gasteiger partial charge on any atom is -0.478 e. The van der Waals surface area contributed by atoms with E-state index >= 15 is 0 Å². The largest absolute Gasteiger partial charge is 0.490 e. The van der Waals surface area contributed by atoms with E-state index in [4.69, 9.17) is 9.90 Å². The van der Waals surface area contributed by atoms with Crippen LogP contribution < -0.4 is 10.6 Å². The number of likely N-dealkylation sites (N-methyl/N-ethyl adjacent to an activating group) is 2. The predicted molar refractivity (Wildman–Crippen MR) is 146 cm³/mol. The zero-order valence-corrected chi connectivity index (χ0v) is 24.5. The van der Waals surface area contributed by atoms with Crippen LogP contribution in [0.3, 0.4) is 0 Å². The number of carboxylic acids is 2. The van der Waals surface area contributed by atoms with Gasteiger partial charge in [0.05, 0.1) is 12.1 Å². The Kier molecular flexibility index (Phi) is 14.1. The highest BCUT2D eigenvalue weighted by Crippen LogP contribution is 2.27. The fourth-order valence-corrected chi connectivity index (χ4v) is 4.05. The third-order valence-corrected chi connectivity index (χ3v) is 6.50. The summed E-state index contributed by atoms with van der Waals surface area (Å²) in [5.41, 5.74) is 0.676. The van der Waals surface area contributed by atoms with Crippen molar-refractivity contribution < 1.29 is 42.6 Å². The van der Waals surface area contributed by atoms with Crippen LogP contribution in [0.5, 0.6) is 0 Å². The van der Waals surface area contributed by atoms with Gasteiger partial charge in [-0.1, -0.05) is 78.0 Å². The number of nitrogens with one attached hydrogen (secondary N) is 2. The Morgan fingerprint density at radius 1 is 0.950 bits per heavy atom.